The zero-order valence-corrected chi connectivity index (χ0v) is 20.1. The van der Waals surface area contributed by atoms with E-state index in [4.69, 9.17) is 0 Å². The summed E-state index contributed by atoms with van der Waals surface area (Å²) in [5.41, 5.74) is 0.735. The van der Waals surface area contributed by atoms with E-state index in [-0.39, 0.29) is 11.4 Å². The Balaban J connectivity index is 1.75. The summed E-state index contributed by atoms with van der Waals surface area (Å²) in [6, 6.07) is 18.4. The number of nitrogens with zero attached hydrogens (tertiary/aromatic N) is 1. The maximum atomic E-state index is 13.6. The first kappa shape index (κ1) is 25.5. The van der Waals surface area contributed by atoms with Crippen molar-refractivity contribution in [2.45, 2.75) is 31.6 Å². The van der Waals surface area contributed by atoms with Crippen molar-refractivity contribution in [1.82, 2.24) is 0 Å². The lowest BCUT2D eigenvalue weighted by Gasteiger charge is -2.29. The zero-order chi connectivity index (χ0) is 27.6. The van der Waals surface area contributed by atoms with Gasteiger partial charge < -0.3 is 15.1 Å². The first-order valence-electron chi connectivity index (χ1n) is 11.5. The SMILES string of the molecule is CC1(C)c2ccccc2-c2ccc(N(c3ccc(O)c(C(F)(F)F)c3)c3ccc(O)c(C(F)(F)F)c3)cc21. The highest BCUT2D eigenvalue weighted by Crippen LogP contribution is 2.51. The molecule has 4 aromatic rings. The van der Waals surface area contributed by atoms with Crippen LogP contribution in [0.1, 0.15) is 36.1 Å². The summed E-state index contributed by atoms with van der Waals surface area (Å²) in [6.45, 7) is 3.99. The summed E-state index contributed by atoms with van der Waals surface area (Å²) in [7, 11) is 0. The number of rotatable bonds is 3. The molecule has 3 nitrogen and oxygen atoms in total. The van der Waals surface area contributed by atoms with Gasteiger partial charge >= 0.3 is 12.4 Å². The topological polar surface area (TPSA) is 43.7 Å². The van der Waals surface area contributed by atoms with Crippen LogP contribution in [0.5, 0.6) is 11.5 Å². The number of hydrogen-bond acceptors (Lipinski definition) is 3. The normalized spacial score (nSPS) is 14.2. The second kappa shape index (κ2) is 8.44. The summed E-state index contributed by atoms with van der Waals surface area (Å²) in [4.78, 5) is 1.24. The molecule has 0 unspecified atom stereocenters. The van der Waals surface area contributed by atoms with E-state index in [1.807, 2.05) is 38.1 Å². The van der Waals surface area contributed by atoms with Gasteiger partial charge in [0.05, 0.1) is 11.1 Å². The van der Waals surface area contributed by atoms with Crippen LogP contribution in [-0.4, -0.2) is 10.2 Å². The molecule has 0 amide bonds. The minimum atomic E-state index is -4.90. The summed E-state index contributed by atoms with van der Waals surface area (Å²) in [5, 5.41) is 19.7. The first-order valence-corrected chi connectivity index (χ1v) is 11.5. The zero-order valence-electron chi connectivity index (χ0n) is 20.1. The number of hydrogen-bond donors (Lipinski definition) is 2. The van der Waals surface area contributed by atoms with Crippen molar-refractivity contribution in [3.63, 3.8) is 0 Å². The third kappa shape index (κ3) is 4.12. The van der Waals surface area contributed by atoms with Gasteiger partial charge in [-0.1, -0.05) is 44.2 Å². The molecule has 1 aliphatic carbocycles. The predicted octanol–water partition coefficient (Wildman–Crippen LogP) is 8.91. The summed E-state index contributed by atoms with van der Waals surface area (Å²) < 4.78 is 81.9. The Morgan fingerprint density at radius 2 is 1.03 bits per heavy atom. The number of aromatic hydroxyl groups is 2. The number of halogens is 6. The number of phenolic OH excluding ortho intramolecular Hbond substituents is 2. The van der Waals surface area contributed by atoms with Crippen LogP contribution in [0.4, 0.5) is 43.4 Å². The Hall–Kier alpha value is -4.14. The van der Waals surface area contributed by atoms with E-state index >= 15 is 0 Å². The molecule has 0 heterocycles. The minimum absolute atomic E-state index is 0.123. The highest BCUT2D eigenvalue weighted by atomic mass is 19.4. The molecule has 0 saturated heterocycles. The number of benzene rings is 4. The first-order chi connectivity index (χ1) is 17.7. The van der Waals surface area contributed by atoms with Gasteiger partial charge in [-0.25, -0.2) is 0 Å². The Morgan fingerprint density at radius 1 is 0.579 bits per heavy atom. The van der Waals surface area contributed by atoms with Crippen LogP contribution in [0.2, 0.25) is 0 Å². The highest BCUT2D eigenvalue weighted by molar-refractivity contribution is 5.86. The second-order valence-electron chi connectivity index (χ2n) is 9.63. The van der Waals surface area contributed by atoms with Crippen LogP contribution < -0.4 is 4.90 Å². The van der Waals surface area contributed by atoms with Gasteiger partial charge in [0.25, 0.3) is 0 Å². The molecule has 0 fully saturated rings. The summed E-state index contributed by atoms with van der Waals surface area (Å²) in [5.74, 6) is -2.01. The molecule has 0 aromatic heterocycles. The van der Waals surface area contributed by atoms with Gasteiger partial charge in [0, 0.05) is 22.5 Å². The summed E-state index contributed by atoms with van der Waals surface area (Å²) >= 11 is 0. The Bertz CT molecular complexity index is 1490. The lowest BCUT2D eigenvalue weighted by Crippen LogP contribution is -2.17. The van der Waals surface area contributed by atoms with Crippen LogP contribution in [0, 0.1) is 0 Å². The molecule has 1 aliphatic rings. The lowest BCUT2D eigenvalue weighted by atomic mass is 9.82. The van der Waals surface area contributed by atoms with Gasteiger partial charge in [-0.15, -0.1) is 0 Å². The molecule has 0 saturated carbocycles. The standard InChI is InChI=1S/C29H21F6NO2/c1-27(2)21-6-4-3-5-19(21)20-10-7-16(13-22(20)27)36(17-8-11-25(37)23(14-17)28(30,31)32)18-9-12-26(38)24(15-18)29(33,34)35/h3-15,37-38H,1-2H3. The van der Waals surface area contributed by atoms with Crippen molar-refractivity contribution in [2.75, 3.05) is 4.90 Å². The molecule has 0 radical (unpaired) electrons. The molecule has 2 N–H and O–H groups in total. The van der Waals surface area contributed by atoms with E-state index in [2.05, 4.69) is 0 Å². The molecule has 4 aromatic carbocycles. The molecule has 38 heavy (non-hydrogen) atoms. The van der Waals surface area contributed by atoms with Crippen LogP contribution in [0.15, 0.2) is 78.9 Å². The molecule has 0 aliphatic heterocycles. The number of fused-ring (bicyclic) bond motifs is 3. The van der Waals surface area contributed by atoms with Gasteiger partial charge in [0.1, 0.15) is 11.5 Å². The van der Waals surface area contributed by atoms with E-state index in [9.17, 15) is 36.6 Å². The third-order valence-corrected chi connectivity index (χ3v) is 6.91. The van der Waals surface area contributed by atoms with Crippen LogP contribution in [0.25, 0.3) is 11.1 Å². The molecule has 9 heteroatoms. The molecule has 5 rings (SSSR count). The van der Waals surface area contributed by atoms with Gasteiger partial charge in [-0.05, 0) is 70.8 Å². The van der Waals surface area contributed by atoms with Crippen molar-refractivity contribution >= 4 is 17.1 Å². The Morgan fingerprint density at radius 3 is 1.55 bits per heavy atom. The molecule has 0 atom stereocenters. The van der Waals surface area contributed by atoms with E-state index in [0.29, 0.717) is 17.8 Å². The maximum absolute atomic E-state index is 13.6. The van der Waals surface area contributed by atoms with Crippen LogP contribution in [0.3, 0.4) is 0 Å². The molecule has 0 spiro atoms. The number of alkyl halides is 6. The summed E-state index contributed by atoms with van der Waals surface area (Å²) in [6.07, 6.45) is -9.81. The monoisotopic (exact) mass is 529 g/mol. The van der Waals surface area contributed by atoms with Crippen molar-refractivity contribution in [1.29, 1.82) is 0 Å². The van der Waals surface area contributed by atoms with E-state index < -0.39 is 40.4 Å². The molecular formula is C29H21F6NO2. The lowest BCUT2D eigenvalue weighted by molar-refractivity contribution is -0.139. The van der Waals surface area contributed by atoms with Crippen molar-refractivity contribution in [3.8, 4) is 22.6 Å². The molecular weight excluding hydrogens is 508 g/mol. The van der Waals surface area contributed by atoms with Gasteiger partial charge in [0.2, 0.25) is 0 Å². The third-order valence-electron chi connectivity index (χ3n) is 6.91. The van der Waals surface area contributed by atoms with Crippen molar-refractivity contribution in [3.05, 3.63) is 101 Å². The second-order valence-corrected chi connectivity index (χ2v) is 9.63. The van der Waals surface area contributed by atoms with Gasteiger partial charge in [-0.2, -0.15) is 26.3 Å². The molecule has 0 bridgehead atoms. The van der Waals surface area contributed by atoms with Gasteiger partial charge in [0.15, 0.2) is 0 Å². The fraction of sp³-hybridized carbons (Fsp3) is 0.172. The number of anilines is 3. The fourth-order valence-corrected chi connectivity index (χ4v) is 5.06. The number of phenols is 2. The quantitative estimate of drug-likeness (QED) is 0.261. The van der Waals surface area contributed by atoms with E-state index in [0.717, 1.165) is 34.4 Å². The van der Waals surface area contributed by atoms with Crippen LogP contribution >= 0.6 is 0 Å². The largest absolute Gasteiger partial charge is 0.507 e. The fourth-order valence-electron chi connectivity index (χ4n) is 5.06. The minimum Gasteiger partial charge on any atom is -0.507 e. The Kier molecular flexibility index (Phi) is 5.67. The van der Waals surface area contributed by atoms with Crippen molar-refractivity contribution in [2.24, 2.45) is 0 Å². The van der Waals surface area contributed by atoms with E-state index in [1.54, 1.807) is 18.2 Å². The average molecular weight is 529 g/mol. The highest BCUT2D eigenvalue weighted by Gasteiger charge is 2.38. The van der Waals surface area contributed by atoms with Crippen LogP contribution in [-0.2, 0) is 17.8 Å². The maximum Gasteiger partial charge on any atom is 0.420 e. The van der Waals surface area contributed by atoms with Gasteiger partial charge in [-0.3, -0.25) is 0 Å². The Labute approximate surface area is 214 Å². The molecule has 196 valence electrons. The smallest absolute Gasteiger partial charge is 0.420 e. The van der Waals surface area contributed by atoms with Crippen molar-refractivity contribution < 1.29 is 36.6 Å². The van der Waals surface area contributed by atoms with E-state index in [1.165, 1.54) is 17.0 Å². The predicted molar refractivity (Wildman–Crippen MR) is 132 cm³/mol. The average Bonchev–Trinajstić information content (AvgIpc) is 3.06.